The van der Waals surface area contributed by atoms with Crippen LogP contribution in [0.5, 0.6) is 11.5 Å². The summed E-state index contributed by atoms with van der Waals surface area (Å²) in [5.41, 5.74) is 2.51. The highest BCUT2D eigenvalue weighted by Crippen LogP contribution is 2.36. The molecule has 2 saturated heterocycles. The number of carbonyl (C=O) groups is 1. The van der Waals surface area contributed by atoms with Gasteiger partial charge in [0, 0.05) is 43.5 Å². The zero-order chi connectivity index (χ0) is 26.7. The molecule has 0 radical (unpaired) electrons. The Balaban J connectivity index is 1.52. The predicted octanol–water partition coefficient (Wildman–Crippen LogP) is 2.78. The maximum Gasteiger partial charge on any atom is 0.243 e. The van der Waals surface area contributed by atoms with Crippen molar-refractivity contribution in [2.24, 2.45) is 0 Å². The van der Waals surface area contributed by atoms with Gasteiger partial charge in [0.15, 0.2) is 11.5 Å². The molecule has 4 rings (SSSR count). The van der Waals surface area contributed by atoms with Crippen molar-refractivity contribution in [1.82, 2.24) is 25.7 Å². The van der Waals surface area contributed by atoms with E-state index in [4.69, 9.17) is 24.6 Å². The average Bonchev–Trinajstić information content (AvgIpc) is 3.16. The van der Waals surface area contributed by atoms with Gasteiger partial charge in [-0.3, -0.25) is 10.0 Å². The third-order valence-corrected chi connectivity index (χ3v) is 7.33. The number of benzene rings is 1. The number of hydroxylamine groups is 1. The summed E-state index contributed by atoms with van der Waals surface area (Å²) >= 11 is 0. The summed E-state index contributed by atoms with van der Waals surface area (Å²) in [6, 6.07) is 4.33. The fourth-order valence-corrected chi connectivity index (χ4v) is 5.03. The zero-order valence-electron chi connectivity index (χ0n) is 22.8. The first-order valence-corrected chi connectivity index (χ1v) is 13.9. The molecule has 0 atom stereocenters. The second-order valence-electron chi connectivity index (χ2n) is 10.3. The van der Waals surface area contributed by atoms with Crippen LogP contribution in [0.3, 0.4) is 0 Å². The topological polar surface area (TPSA) is 124 Å². The van der Waals surface area contributed by atoms with Crippen molar-refractivity contribution in [2.75, 3.05) is 70.2 Å². The maximum absolute atomic E-state index is 11.1. The highest BCUT2D eigenvalue weighted by Gasteiger charge is 2.21. The molecule has 2 aliphatic rings. The van der Waals surface area contributed by atoms with Crippen LogP contribution in [0.4, 0.5) is 11.8 Å². The number of anilines is 2. The number of nitrogens with one attached hydrogen (secondary N) is 3. The van der Waals surface area contributed by atoms with E-state index in [1.807, 2.05) is 12.1 Å². The number of aromatic nitrogens is 2. The molecular weight excluding hydrogens is 486 g/mol. The minimum atomic E-state index is -0.343. The minimum Gasteiger partial charge on any atom is -0.493 e. The van der Waals surface area contributed by atoms with Crippen molar-refractivity contribution in [2.45, 2.75) is 57.4 Å². The Morgan fingerprint density at radius 1 is 1.08 bits per heavy atom. The molecule has 4 N–H and O–H groups in total. The SMILES string of the molecule is COc1cc2c(NC3CCNCC3)nc(N3CCCN(C)CC3)nc2cc1OCCCCCCC(=O)NO. The third-order valence-electron chi connectivity index (χ3n) is 7.33. The fourth-order valence-electron chi connectivity index (χ4n) is 5.03. The first-order chi connectivity index (χ1) is 18.6. The van der Waals surface area contributed by atoms with E-state index in [9.17, 15) is 4.79 Å². The molecular formula is C27H43N7O4. The first kappa shape index (κ1) is 28.1. The zero-order valence-corrected chi connectivity index (χ0v) is 22.8. The second kappa shape index (κ2) is 14.3. The van der Waals surface area contributed by atoms with E-state index in [1.54, 1.807) is 12.6 Å². The van der Waals surface area contributed by atoms with Gasteiger partial charge in [-0.2, -0.15) is 4.98 Å². The monoisotopic (exact) mass is 529 g/mol. The molecule has 0 aliphatic carbocycles. The smallest absolute Gasteiger partial charge is 0.243 e. The highest BCUT2D eigenvalue weighted by atomic mass is 16.5. The lowest BCUT2D eigenvalue weighted by atomic mass is 10.1. The Morgan fingerprint density at radius 3 is 2.68 bits per heavy atom. The van der Waals surface area contributed by atoms with Crippen molar-refractivity contribution in [3.05, 3.63) is 12.1 Å². The Labute approximate surface area is 225 Å². The van der Waals surface area contributed by atoms with Crippen LogP contribution in [0.15, 0.2) is 12.1 Å². The van der Waals surface area contributed by atoms with Gasteiger partial charge in [-0.05, 0) is 64.9 Å². The number of carbonyl (C=O) groups excluding carboxylic acids is 1. The molecule has 0 saturated carbocycles. The molecule has 0 bridgehead atoms. The number of ether oxygens (including phenoxy) is 2. The van der Waals surface area contributed by atoms with Crippen LogP contribution in [-0.4, -0.2) is 92.1 Å². The third kappa shape index (κ3) is 7.81. The lowest BCUT2D eigenvalue weighted by Gasteiger charge is -2.26. The summed E-state index contributed by atoms with van der Waals surface area (Å²) in [5.74, 6) is 2.61. The Morgan fingerprint density at radius 2 is 1.89 bits per heavy atom. The van der Waals surface area contributed by atoms with Crippen molar-refractivity contribution in [3.63, 3.8) is 0 Å². The number of rotatable bonds is 12. The van der Waals surface area contributed by atoms with Gasteiger partial charge >= 0.3 is 0 Å². The largest absolute Gasteiger partial charge is 0.493 e. The van der Waals surface area contributed by atoms with E-state index in [1.165, 1.54) is 0 Å². The van der Waals surface area contributed by atoms with E-state index in [2.05, 4.69) is 27.5 Å². The van der Waals surface area contributed by atoms with Crippen LogP contribution in [0, 0.1) is 0 Å². The lowest BCUT2D eigenvalue weighted by molar-refractivity contribution is -0.129. The van der Waals surface area contributed by atoms with Crippen LogP contribution in [0.25, 0.3) is 10.9 Å². The molecule has 2 fully saturated rings. The van der Waals surface area contributed by atoms with Crippen LogP contribution >= 0.6 is 0 Å². The molecule has 1 aromatic heterocycles. The number of nitrogens with zero attached hydrogens (tertiary/aromatic N) is 4. The molecule has 0 spiro atoms. The van der Waals surface area contributed by atoms with Crippen molar-refractivity contribution in [3.8, 4) is 11.5 Å². The van der Waals surface area contributed by atoms with Crippen LogP contribution in [0.1, 0.15) is 51.4 Å². The standard InChI is InChI=1S/C27H43N7O4/c1-33-13-7-14-34(16-15-33)27-30-22-19-24(38-17-6-4-3-5-8-25(35)32-36)23(37-2)18-21(22)26(31-27)29-20-9-11-28-12-10-20/h18-20,28,36H,3-17H2,1-2H3,(H,32,35)(H,29,30,31). The van der Waals surface area contributed by atoms with E-state index in [0.29, 0.717) is 30.6 Å². The number of hydrogen-bond donors (Lipinski definition) is 4. The predicted molar refractivity (Wildman–Crippen MR) is 148 cm³/mol. The Hall–Kier alpha value is -2.89. The summed E-state index contributed by atoms with van der Waals surface area (Å²) in [6.07, 6.45) is 6.96. The van der Waals surface area contributed by atoms with Crippen LogP contribution < -0.4 is 30.5 Å². The lowest BCUT2D eigenvalue weighted by Crippen LogP contribution is -2.36. The van der Waals surface area contributed by atoms with Crippen LogP contribution in [0.2, 0.25) is 0 Å². The van der Waals surface area contributed by atoms with Crippen molar-refractivity contribution in [1.29, 1.82) is 0 Å². The van der Waals surface area contributed by atoms with Crippen molar-refractivity contribution >= 4 is 28.6 Å². The van der Waals surface area contributed by atoms with Gasteiger partial charge in [-0.15, -0.1) is 0 Å². The highest BCUT2D eigenvalue weighted by molar-refractivity contribution is 5.93. The number of likely N-dealkylation sites (N-methyl/N-ethyl adjacent to an activating group) is 1. The second-order valence-corrected chi connectivity index (χ2v) is 10.3. The minimum absolute atomic E-state index is 0.332. The van der Waals surface area contributed by atoms with E-state index >= 15 is 0 Å². The van der Waals surface area contributed by atoms with Crippen molar-refractivity contribution < 1.29 is 19.5 Å². The quantitative estimate of drug-likeness (QED) is 0.185. The number of amides is 1. The molecule has 1 amide bonds. The van der Waals surface area contributed by atoms with E-state index < -0.39 is 0 Å². The first-order valence-electron chi connectivity index (χ1n) is 13.9. The van der Waals surface area contributed by atoms with E-state index in [-0.39, 0.29) is 5.91 Å². The van der Waals surface area contributed by atoms with Gasteiger partial charge in [-0.25, -0.2) is 10.5 Å². The molecule has 11 heteroatoms. The molecule has 2 aromatic rings. The average molecular weight is 530 g/mol. The molecule has 2 aliphatic heterocycles. The summed E-state index contributed by atoms with van der Waals surface area (Å²) in [5, 5.41) is 16.7. The van der Waals surface area contributed by atoms with Gasteiger partial charge in [-0.1, -0.05) is 12.8 Å². The van der Waals surface area contributed by atoms with E-state index in [0.717, 1.165) is 107 Å². The number of piperidine rings is 1. The normalized spacial score (nSPS) is 17.3. The summed E-state index contributed by atoms with van der Waals surface area (Å²) in [6.45, 7) is 6.44. The maximum atomic E-state index is 11.1. The number of fused-ring (bicyclic) bond motifs is 1. The molecule has 210 valence electrons. The summed E-state index contributed by atoms with van der Waals surface area (Å²) < 4.78 is 11.8. The van der Waals surface area contributed by atoms with Crippen LogP contribution in [-0.2, 0) is 4.79 Å². The summed E-state index contributed by atoms with van der Waals surface area (Å²) in [4.78, 5) is 25.8. The number of hydrogen-bond acceptors (Lipinski definition) is 10. The van der Waals surface area contributed by atoms with Gasteiger partial charge in [0.2, 0.25) is 11.9 Å². The Kier molecular flexibility index (Phi) is 10.6. The molecule has 3 heterocycles. The van der Waals surface area contributed by atoms with Gasteiger partial charge < -0.3 is 29.9 Å². The van der Waals surface area contributed by atoms with Gasteiger partial charge in [0.1, 0.15) is 5.82 Å². The molecule has 11 nitrogen and oxygen atoms in total. The molecule has 0 unspecified atom stereocenters. The molecule has 38 heavy (non-hydrogen) atoms. The summed E-state index contributed by atoms with van der Waals surface area (Å²) in [7, 11) is 3.82. The molecule has 1 aromatic carbocycles. The number of methoxy groups -OCH3 is 1. The number of unbranched alkanes of at least 4 members (excludes halogenated alkanes) is 3. The fraction of sp³-hybridized carbons (Fsp3) is 0.667. The van der Waals surface area contributed by atoms with Gasteiger partial charge in [0.25, 0.3) is 0 Å². The van der Waals surface area contributed by atoms with Gasteiger partial charge in [0.05, 0.1) is 19.2 Å². The Bertz CT molecular complexity index is 1050.